The Balaban J connectivity index is 1.54. The van der Waals surface area contributed by atoms with Gasteiger partial charge < -0.3 is 5.32 Å². The van der Waals surface area contributed by atoms with Crippen LogP contribution in [0.2, 0.25) is 0 Å². The highest BCUT2D eigenvalue weighted by atomic mass is 32.2. The molecule has 0 aliphatic rings. The molecule has 0 spiro atoms. The molecule has 2 heterocycles. The van der Waals surface area contributed by atoms with E-state index in [4.69, 9.17) is 0 Å². The average molecular weight is 463 g/mol. The number of anilines is 1. The number of para-hydroxylation sites is 2. The third-order valence-corrected chi connectivity index (χ3v) is 7.03. The lowest BCUT2D eigenvalue weighted by Gasteiger charge is -2.14. The Morgan fingerprint density at radius 3 is 2.38 bits per heavy atom. The van der Waals surface area contributed by atoms with E-state index in [0.29, 0.717) is 6.42 Å². The molecule has 0 unspecified atom stereocenters. The van der Waals surface area contributed by atoms with E-state index in [0.717, 1.165) is 46.3 Å². The number of hydrogen-bond donors (Lipinski definition) is 1. The number of amides is 1. The van der Waals surface area contributed by atoms with Crippen LogP contribution in [0.15, 0.2) is 71.2 Å². The fourth-order valence-corrected chi connectivity index (χ4v) is 5.09. The molecule has 0 radical (unpaired) electrons. The van der Waals surface area contributed by atoms with Crippen molar-refractivity contribution in [3.8, 4) is 5.69 Å². The molecular formula is C25H26N4OS2. The molecule has 5 nitrogen and oxygen atoms in total. The lowest BCUT2D eigenvalue weighted by molar-refractivity contribution is -0.113. The number of nitrogens with one attached hydrogen (secondary N) is 1. The van der Waals surface area contributed by atoms with E-state index in [1.807, 2.05) is 36.4 Å². The molecule has 0 fully saturated rings. The van der Waals surface area contributed by atoms with Gasteiger partial charge in [0.2, 0.25) is 5.91 Å². The van der Waals surface area contributed by atoms with Gasteiger partial charge in [0.1, 0.15) is 5.82 Å². The Morgan fingerprint density at radius 2 is 1.72 bits per heavy atom. The van der Waals surface area contributed by atoms with Crippen molar-refractivity contribution in [3.05, 3.63) is 87.9 Å². The molecule has 4 rings (SSSR count). The van der Waals surface area contributed by atoms with Crippen molar-refractivity contribution in [3.63, 3.8) is 0 Å². The molecule has 0 aliphatic carbocycles. The number of aromatic nitrogens is 3. The van der Waals surface area contributed by atoms with Gasteiger partial charge in [-0.3, -0.25) is 9.36 Å². The SMILES string of the molecule is CCc1cccc(CC)c1NC(=O)CSc1nnc(Cc2cccs2)n1-c1ccccc1. The standard InChI is InChI=1S/C25H26N4OS2/c1-3-18-10-8-11-19(4-2)24(18)26-23(30)17-32-25-28-27-22(16-21-14-9-15-31-21)29(25)20-12-6-5-7-13-20/h5-15H,3-4,16-17H2,1-2H3,(H,26,30). The van der Waals surface area contributed by atoms with Crippen LogP contribution in [0.1, 0.15) is 35.7 Å². The van der Waals surface area contributed by atoms with Gasteiger partial charge in [-0.1, -0.05) is 68.1 Å². The Morgan fingerprint density at radius 1 is 0.969 bits per heavy atom. The first kappa shape index (κ1) is 22.3. The van der Waals surface area contributed by atoms with Crippen LogP contribution in [0.3, 0.4) is 0 Å². The summed E-state index contributed by atoms with van der Waals surface area (Å²) in [6.45, 7) is 4.22. The third-order valence-electron chi connectivity index (χ3n) is 5.22. The van der Waals surface area contributed by atoms with Crippen LogP contribution in [0.4, 0.5) is 5.69 Å². The van der Waals surface area contributed by atoms with Gasteiger partial charge >= 0.3 is 0 Å². The van der Waals surface area contributed by atoms with Crippen molar-refractivity contribution in [2.45, 2.75) is 38.3 Å². The zero-order valence-electron chi connectivity index (χ0n) is 18.2. The number of carbonyl (C=O) groups excluding carboxylic acids is 1. The molecule has 1 N–H and O–H groups in total. The van der Waals surface area contributed by atoms with Crippen LogP contribution in [-0.2, 0) is 24.1 Å². The molecule has 7 heteroatoms. The van der Waals surface area contributed by atoms with Crippen LogP contribution in [-0.4, -0.2) is 26.4 Å². The van der Waals surface area contributed by atoms with Gasteiger partial charge in [-0.05, 0) is 47.5 Å². The summed E-state index contributed by atoms with van der Waals surface area (Å²) in [6, 6.07) is 20.4. The van der Waals surface area contributed by atoms with Gasteiger partial charge in [0, 0.05) is 22.7 Å². The second-order valence-electron chi connectivity index (χ2n) is 7.32. The van der Waals surface area contributed by atoms with E-state index in [1.54, 1.807) is 11.3 Å². The number of rotatable bonds is 9. The number of benzene rings is 2. The maximum absolute atomic E-state index is 12.8. The summed E-state index contributed by atoms with van der Waals surface area (Å²) in [6.07, 6.45) is 2.46. The van der Waals surface area contributed by atoms with Crippen LogP contribution in [0, 0.1) is 0 Å². The quantitative estimate of drug-likeness (QED) is 0.321. The summed E-state index contributed by atoms with van der Waals surface area (Å²) in [5.74, 6) is 1.10. The predicted octanol–water partition coefficient (Wildman–Crippen LogP) is 5.78. The van der Waals surface area contributed by atoms with E-state index in [-0.39, 0.29) is 11.7 Å². The van der Waals surface area contributed by atoms with Gasteiger partial charge in [-0.2, -0.15) is 0 Å². The normalized spacial score (nSPS) is 10.9. The molecule has 0 aliphatic heterocycles. The maximum atomic E-state index is 12.8. The topological polar surface area (TPSA) is 59.8 Å². The first-order valence-electron chi connectivity index (χ1n) is 10.7. The van der Waals surface area contributed by atoms with E-state index >= 15 is 0 Å². The highest BCUT2D eigenvalue weighted by Crippen LogP contribution is 2.26. The lowest BCUT2D eigenvalue weighted by Crippen LogP contribution is -2.17. The molecule has 4 aromatic rings. The Bertz CT molecular complexity index is 1150. The monoisotopic (exact) mass is 462 g/mol. The second-order valence-corrected chi connectivity index (χ2v) is 9.30. The maximum Gasteiger partial charge on any atom is 0.234 e. The van der Waals surface area contributed by atoms with Gasteiger partial charge in [0.05, 0.1) is 5.75 Å². The third kappa shape index (κ3) is 5.11. The van der Waals surface area contributed by atoms with Gasteiger partial charge in [-0.25, -0.2) is 0 Å². The molecule has 164 valence electrons. The minimum Gasteiger partial charge on any atom is -0.325 e. The largest absolute Gasteiger partial charge is 0.325 e. The Hall–Kier alpha value is -2.90. The van der Waals surface area contributed by atoms with Crippen LogP contribution < -0.4 is 5.32 Å². The van der Waals surface area contributed by atoms with Crippen LogP contribution in [0.5, 0.6) is 0 Å². The van der Waals surface area contributed by atoms with E-state index in [1.165, 1.54) is 16.6 Å². The van der Waals surface area contributed by atoms with Crippen molar-refractivity contribution < 1.29 is 4.79 Å². The number of thioether (sulfide) groups is 1. The molecule has 0 atom stereocenters. The number of hydrogen-bond acceptors (Lipinski definition) is 5. The average Bonchev–Trinajstić information content (AvgIpc) is 3.48. The summed E-state index contributed by atoms with van der Waals surface area (Å²) in [5.41, 5.74) is 4.27. The van der Waals surface area contributed by atoms with Crippen molar-refractivity contribution in [1.29, 1.82) is 0 Å². The summed E-state index contributed by atoms with van der Waals surface area (Å²) in [4.78, 5) is 14.1. The molecule has 2 aromatic carbocycles. The van der Waals surface area contributed by atoms with Crippen LogP contribution in [0.25, 0.3) is 5.69 Å². The summed E-state index contributed by atoms with van der Waals surface area (Å²) in [7, 11) is 0. The number of aryl methyl sites for hydroxylation is 2. The molecule has 0 bridgehead atoms. The smallest absolute Gasteiger partial charge is 0.234 e. The summed E-state index contributed by atoms with van der Waals surface area (Å²) in [5, 5.41) is 14.8. The van der Waals surface area contributed by atoms with Crippen molar-refractivity contribution in [2.24, 2.45) is 0 Å². The molecule has 32 heavy (non-hydrogen) atoms. The van der Waals surface area contributed by atoms with E-state index in [2.05, 4.69) is 63.6 Å². The molecule has 0 saturated carbocycles. The van der Waals surface area contributed by atoms with Crippen molar-refractivity contribution in [2.75, 3.05) is 11.1 Å². The first-order valence-corrected chi connectivity index (χ1v) is 12.6. The Kier molecular flexibility index (Phi) is 7.39. The summed E-state index contributed by atoms with van der Waals surface area (Å²) < 4.78 is 2.05. The molecule has 1 amide bonds. The number of carbonyl (C=O) groups is 1. The highest BCUT2D eigenvalue weighted by Gasteiger charge is 2.17. The molecule has 0 saturated heterocycles. The second kappa shape index (κ2) is 10.6. The molecular weight excluding hydrogens is 436 g/mol. The minimum absolute atomic E-state index is 0.0342. The van der Waals surface area contributed by atoms with Gasteiger partial charge in [-0.15, -0.1) is 21.5 Å². The molecule has 2 aromatic heterocycles. The Labute approximate surface area is 196 Å². The number of thiophene rings is 1. The fourth-order valence-electron chi connectivity index (χ4n) is 3.62. The van der Waals surface area contributed by atoms with Gasteiger partial charge in [0.15, 0.2) is 5.16 Å². The van der Waals surface area contributed by atoms with E-state index < -0.39 is 0 Å². The summed E-state index contributed by atoms with van der Waals surface area (Å²) >= 11 is 3.12. The lowest BCUT2D eigenvalue weighted by atomic mass is 10.0. The first-order chi connectivity index (χ1) is 15.7. The number of nitrogens with zero attached hydrogens (tertiary/aromatic N) is 3. The predicted molar refractivity (Wildman–Crippen MR) is 133 cm³/mol. The zero-order chi connectivity index (χ0) is 22.3. The van der Waals surface area contributed by atoms with Crippen LogP contribution >= 0.6 is 23.1 Å². The van der Waals surface area contributed by atoms with Crippen molar-refractivity contribution in [1.82, 2.24) is 14.8 Å². The minimum atomic E-state index is -0.0342. The van der Waals surface area contributed by atoms with E-state index in [9.17, 15) is 4.79 Å². The van der Waals surface area contributed by atoms with Crippen molar-refractivity contribution >= 4 is 34.7 Å². The fraction of sp³-hybridized carbons (Fsp3) is 0.240. The van der Waals surface area contributed by atoms with Gasteiger partial charge in [0.25, 0.3) is 0 Å². The zero-order valence-corrected chi connectivity index (χ0v) is 19.9. The highest BCUT2D eigenvalue weighted by molar-refractivity contribution is 7.99.